The molecule has 3 rings (SSSR count). The molecule has 0 saturated carbocycles. The fraction of sp³-hybridized carbons (Fsp3) is 0.771. The van der Waals surface area contributed by atoms with E-state index >= 15 is 0 Å². The maximum absolute atomic E-state index is 12.7. The van der Waals surface area contributed by atoms with Crippen LogP contribution in [0.3, 0.4) is 0 Å². The molecule has 3 aliphatic heterocycles. The fourth-order valence-corrected chi connectivity index (χ4v) is 7.43. The lowest BCUT2D eigenvalue weighted by molar-refractivity contribution is -0.151. The van der Waals surface area contributed by atoms with Gasteiger partial charge in [0.1, 0.15) is 6.10 Å². The maximum Gasteiger partial charge on any atom is 0.509 e. The Balaban J connectivity index is 1.62. The van der Waals surface area contributed by atoms with Crippen LogP contribution >= 0.6 is 0 Å². The van der Waals surface area contributed by atoms with Crippen LogP contribution in [0.25, 0.3) is 0 Å². The molecule has 0 aromatic rings. The smallest absolute Gasteiger partial charge is 0.457 e. The highest BCUT2D eigenvalue weighted by molar-refractivity contribution is 6.74. The fourth-order valence-electron chi connectivity index (χ4n) is 5.94. The molecule has 44 heavy (non-hydrogen) atoms. The third kappa shape index (κ3) is 9.53. The van der Waals surface area contributed by atoms with Crippen LogP contribution in [0.2, 0.25) is 18.1 Å². The number of aliphatic hydroxyl groups excluding tert-OH is 1. The lowest BCUT2D eigenvalue weighted by Crippen LogP contribution is -2.46. The van der Waals surface area contributed by atoms with Crippen molar-refractivity contribution in [2.75, 3.05) is 0 Å². The summed E-state index contributed by atoms with van der Waals surface area (Å²) in [7, 11) is -1.85. The van der Waals surface area contributed by atoms with Crippen molar-refractivity contribution in [2.24, 2.45) is 17.8 Å². The summed E-state index contributed by atoms with van der Waals surface area (Å²) in [5.41, 5.74) is -0.0100. The van der Waals surface area contributed by atoms with Crippen molar-refractivity contribution < 1.29 is 38.1 Å². The van der Waals surface area contributed by atoms with Crippen molar-refractivity contribution >= 4 is 20.4 Å². The summed E-state index contributed by atoms with van der Waals surface area (Å²) in [5.74, 6) is 0.00854. The molecule has 2 fully saturated rings. The molecule has 8 nitrogen and oxygen atoms in total. The van der Waals surface area contributed by atoms with Gasteiger partial charge in [-0.25, -0.2) is 4.79 Å². The van der Waals surface area contributed by atoms with Gasteiger partial charge in [0.2, 0.25) is 0 Å². The Hall–Kier alpha value is -1.94. The molecule has 250 valence electrons. The second-order valence-corrected chi connectivity index (χ2v) is 19.8. The Morgan fingerprint density at radius 3 is 2.52 bits per heavy atom. The van der Waals surface area contributed by atoms with Gasteiger partial charge in [-0.1, -0.05) is 72.8 Å². The van der Waals surface area contributed by atoms with E-state index in [-0.39, 0.29) is 42.1 Å². The first-order valence-corrected chi connectivity index (χ1v) is 19.4. The SMILES string of the molecule is CCC(O[Si](C)(C)C(C)(C)C)C(C)C1OC1CC(C)/C=C/C=C(\C)C1OC(=O)CC(O)CCC2(C)OC(=O)OC2/C=C\C1C. The number of fused-ring (bicyclic) bond motifs is 1. The number of ether oxygens (including phenoxy) is 4. The quantitative estimate of drug-likeness (QED) is 0.0859. The van der Waals surface area contributed by atoms with Crippen LogP contribution in [0.1, 0.15) is 94.4 Å². The van der Waals surface area contributed by atoms with E-state index < -0.39 is 44.4 Å². The molecule has 2 saturated heterocycles. The Morgan fingerprint density at radius 2 is 1.89 bits per heavy atom. The van der Waals surface area contributed by atoms with Crippen LogP contribution in [-0.4, -0.2) is 67.8 Å². The van der Waals surface area contributed by atoms with E-state index in [1.165, 1.54) is 0 Å². The lowest BCUT2D eigenvalue weighted by Gasteiger charge is -2.40. The summed E-state index contributed by atoms with van der Waals surface area (Å²) in [4.78, 5) is 24.6. The van der Waals surface area contributed by atoms with Crippen LogP contribution < -0.4 is 0 Å². The average Bonchev–Trinajstić information content (AvgIpc) is 3.61. The van der Waals surface area contributed by atoms with Crippen molar-refractivity contribution in [1.82, 2.24) is 0 Å². The molecule has 0 aromatic carbocycles. The van der Waals surface area contributed by atoms with Crippen LogP contribution in [0, 0.1) is 17.8 Å². The van der Waals surface area contributed by atoms with Crippen LogP contribution in [0.4, 0.5) is 4.79 Å². The van der Waals surface area contributed by atoms with Gasteiger partial charge in [0.25, 0.3) is 0 Å². The molecular weight excluding hydrogens is 576 g/mol. The topological polar surface area (TPSA) is 104 Å². The lowest BCUT2D eigenvalue weighted by atomic mass is 9.89. The molecule has 9 heteroatoms. The number of esters is 1. The van der Waals surface area contributed by atoms with Gasteiger partial charge < -0.3 is 28.5 Å². The van der Waals surface area contributed by atoms with E-state index in [1.54, 1.807) is 6.92 Å². The van der Waals surface area contributed by atoms with Gasteiger partial charge in [-0.2, -0.15) is 0 Å². The van der Waals surface area contributed by atoms with E-state index in [4.69, 9.17) is 23.4 Å². The molecule has 3 aliphatic rings. The van der Waals surface area contributed by atoms with E-state index in [2.05, 4.69) is 60.7 Å². The minimum Gasteiger partial charge on any atom is -0.457 e. The molecule has 3 heterocycles. The Labute approximate surface area is 266 Å². The summed E-state index contributed by atoms with van der Waals surface area (Å²) in [5, 5.41) is 10.6. The van der Waals surface area contributed by atoms with Crippen molar-refractivity contribution in [1.29, 1.82) is 0 Å². The van der Waals surface area contributed by atoms with Gasteiger partial charge in [0.05, 0.1) is 24.7 Å². The monoisotopic (exact) mass is 634 g/mol. The van der Waals surface area contributed by atoms with E-state index in [0.717, 1.165) is 18.4 Å². The number of hydrogen-bond acceptors (Lipinski definition) is 8. The first-order valence-electron chi connectivity index (χ1n) is 16.5. The number of carbonyl (C=O) groups excluding carboxylic acids is 2. The van der Waals surface area contributed by atoms with Crippen molar-refractivity contribution in [2.45, 2.75) is 155 Å². The van der Waals surface area contributed by atoms with Crippen molar-refractivity contribution in [3.8, 4) is 0 Å². The predicted molar refractivity (Wildman–Crippen MR) is 175 cm³/mol. The molecule has 0 aromatic heterocycles. The second-order valence-electron chi connectivity index (χ2n) is 15.1. The van der Waals surface area contributed by atoms with E-state index in [9.17, 15) is 14.7 Å². The number of carbonyl (C=O) groups is 2. The van der Waals surface area contributed by atoms with Gasteiger partial charge in [0, 0.05) is 17.9 Å². The summed E-state index contributed by atoms with van der Waals surface area (Å²) >= 11 is 0. The third-order valence-electron chi connectivity index (χ3n) is 10.1. The van der Waals surface area contributed by atoms with Gasteiger partial charge >= 0.3 is 12.1 Å². The average molecular weight is 635 g/mol. The highest BCUT2D eigenvalue weighted by atomic mass is 28.4. The molecule has 10 unspecified atom stereocenters. The molecule has 1 N–H and O–H groups in total. The number of hydrogen-bond donors (Lipinski definition) is 1. The number of aliphatic hydroxyl groups is 1. The van der Waals surface area contributed by atoms with Gasteiger partial charge in [0.15, 0.2) is 20.0 Å². The zero-order valence-corrected chi connectivity index (χ0v) is 29.9. The summed E-state index contributed by atoms with van der Waals surface area (Å²) in [6.45, 7) is 23.8. The van der Waals surface area contributed by atoms with Gasteiger partial charge in [-0.3, -0.25) is 4.79 Å². The maximum atomic E-state index is 12.7. The normalized spacial score (nSPS) is 35.0. The Kier molecular flexibility index (Phi) is 12.2. The highest BCUT2D eigenvalue weighted by Crippen LogP contribution is 2.42. The number of cyclic esters (lactones) is 1. The first kappa shape index (κ1) is 36.5. The largest absolute Gasteiger partial charge is 0.509 e. The molecule has 10 atom stereocenters. The minimum atomic E-state index is -1.85. The molecule has 0 aliphatic carbocycles. The summed E-state index contributed by atoms with van der Waals surface area (Å²) < 4.78 is 29.6. The summed E-state index contributed by atoms with van der Waals surface area (Å²) in [6, 6.07) is 0. The van der Waals surface area contributed by atoms with Crippen LogP contribution in [0.5, 0.6) is 0 Å². The van der Waals surface area contributed by atoms with Crippen molar-refractivity contribution in [3.63, 3.8) is 0 Å². The molecular formula is C35H58O8Si. The number of allylic oxidation sites excluding steroid dienone is 3. The molecule has 0 bridgehead atoms. The second kappa shape index (κ2) is 14.7. The minimum absolute atomic E-state index is 0.122. The Morgan fingerprint density at radius 1 is 1.20 bits per heavy atom. The van der Waals surface area contributed by atoms with Gasteiger partial charge in [-0.05, 0) is 75.2 Å². The van der Waals surface area contributed by atoms with E-state index in [0.29, 0.717) is 18.3 Å². The molecule has 0 radical (unpaired) electrons. The highest BCUT2D eigenvalue weighted by Gasteiger charge is 2.48. The summed E-state index contributed by atoms with van der Waals surface area (Å²) in [6.07, 6.45) is 10.3. The molecule has 0 amide bonds. The third-order valence-corrected chi connectivity index (χ3v) is 14.6. The van der Waals surface area contributed by atoms with Crippen molar-refractivity contribution in [3.05, 3.63) is 36.0 Å². The molecule has 0 spiro atoms. The van der Waals surface area contributed by atoms with Crippen LogP contribution in [-0.2, 0) is 28.2 Å². The van der Waals surface area contributed by atoms with Gasteiger partial charge in [-0.15, -0.1) is 0 Å². The Bertz CT molecular complexity index is 1090. The zero-order chi connectivity index (χ0) is 33.0. The predicted octanol–water partition coefficient (Wildman–Crippen LogP) is 7.66. The number of epoxide rings is 1. The van der Waals surface area contributed by atoms with E-state index in [1.807, 2.05) is 38.2 Å². The van der Waals surface area contributed by atoms with Crippen LogP contribution in [0.15, 0.2) is 36.0 Å². The number of rotatable bonds is 10. The first-order chi connectivity index (χ1) is 20.4. The zero-order valence-electron chi connectivity index (χ0n) is 28.9. The standard InChI is InChI=1S/C35H58O8Si/c1-12-27(43-44(10,11)34(6,7)8)25(5)32-28(39-32)20-22(2)14-13-15-23(3)31-24(4)16-17-29-35(9,42-33(38)40-29)19-18-26(36)21-30(37)41-31/h13-17,22,24-29,31-32,36H,12,18-21H2,1-11H3/b14-13+,17-16-,23-15+.